The zero-order chi connectivity index (χ0) is 22.8. The summed E-state index contributed by atoms with van der Waals surface area (Å²) in [6.45, 7) is 1.99. The smallest absolute Gasteiger partial charge is 0.115 e. The molecular formula is C31H39NO. The fraction of sp³-hybridized carbons (Fsp3) is 0.419. The maximum Gasteiger partial charge on any atom is 0.115 e. The first-order valence-electron chi connectivity index (χ1n) is 12.8. The summed E-state index contributed by atoms with van der Waals surface area (Å²) in [5.74, 6) is 1.13. The van der Waals surface area contributed by atoms with Gasteiger partial charge in [-0.3, -0.25) is 0 Å². The van der Waals surface area contributed by atoms with Gasteiger partial charge in [0, 0.05) is 0 Å². The van der Waals surface area contributed by atoms with Gasteiger partial charge in [0.15, 0.2) is 0 Å². The lowest BCUT2D eigenvalue weighted by Gasteiger charge is -2.38. The first-order valence-corrected chi connectivity index (χ1v) is 12.8. The van der Waals surface area contributed by atoms with Crippen LogP contribution >= 0.6 is 0 Å². The number of nitrogens with one attached hydrogen (secondary N) is 1. The molecule has 1 aliphatic carbocycles. The monoisotopic (exact) mass is 441 g/mol. The highest BCUT2D eigenvalue weighted by Crippen LogP contribution is 2.41. The van der Waals surface area contributed by atoms with Gasteiger partial charge in [0.25, 0.3) is 0 Å². The number of aliphatic hydroxyl groups is 1. The van der Waals surface area contributed by atoms with E-state index in [1.807, 2.05) is 36.4 Å². The second-order valence-electron chi connectivity index (χ2n) is 9.75. The second kappa shape index (κ2) is 12.2. The maximum atomic E-state index is 12.2. The molecule has 2 N–H and O–H groups in total. The summed E-state index contributed by atoms with van der Waals surface area (Å²) in [5, 5.41) is 15.9. The Morgan fingerprint density at radius 2 is 1.30 bits per heavy atom. The summed E-state index contributed by atoms with van der Waals surface area (Å²) < 4.78 is 0. The standard InChI is InChI=1S/C31H39NO/c33-31(29-19-9-3-10-20-29,30-21-11-4-12-22-30)24-28(27-17-7-2-8-18-27)25-32-23-13-16-26-14-5-1-6-15-26/h1,3-6,9-12,14-15,19-22,27-28,32-33H,2,7-8,13,16-18,23-25H2. The Hall–Kier alpha value is -2.42. The molecule has 174 valence electrons. The van der Waals surface area contributed by atoms with Gasteiger partial charge in [0.05, 0.1) is 0 Å². The lowest BCUT2D eigenvalue weighted by atomic mass is 9.71. The Labute approximate surface area is 200 Å². The van der Waals surface area contributed by atoms with Gasteiger partial charge < -0.3 is 10.4 Å². The highest BCUT2D eigenvalue weighted by molar-refractivity contribution is 5.36. The van der Waals surface area contributed by atoms with E-state index in [9.17, 15) is 5.11 Å². The minimum Gasteiger partial charge on any atom is -0.380 e. The fourth-order valence-electron chi connectivity index (χ4n) is 5.57. The minimum absolute atomic E-state index is 0.451. The molecule has 0 spiro atoms. The molecule has 0 heterocycles. The van der Waals surface area contributed by atoms with Crippen molar-refractivity contribution in [3.63, 3.8) is 0 Å². The molecule has 3 aromatic rings. The summed E-state index contributed by atoms with van der Waals surface area (Å²) >= 11 is 0. The van der Waals surface area contributed by atoms with E-state index in [2.05, 4.69) is 59.9 Å². The van der Waals surface area contributed by atoms with Crippen LogP contribution in [-0.4, -0.2) is 18.2 Å². The van der Waals surface area contributed by atoms with E-state index in [0.717, 1.165) is 43.5 Å². The van der Waals surface area contributed by atoms with E-state index in [-0.39, 0.29) is 0 Å². The van der Waals surface area contributed by atoms with Crippen LogP contribution in [0.3, 0.4) is 0 Å². The van der Waals surface area contributed by atoms with Crippen molar-refractivity contribution in [2.45, 2.75) is 57.0 Å². The number of benzene rings is 3. The van der Waals surface area contributed by atoms with E-state index in [1.165, 1.54) is 37.7 Å². The van der Waals surface area contributed by atoms with E-state index in [1.54, 1.807) is 0 Å². The molecule has 0 aliphatic heterocycles. The zero-order valence-electron chi connectivity index (χ0n) is 19.8. The predicted molar refractivity (Wildman–Crippen MR) is 138 cm³/mol. The third kappa shape index (κ3) is 6.56. The molecule has 4 rings (SSSR count). The van der Waals surface area contributed by atoms with Crippen molar-refractivity contribution in [3.8, 4) is 0 Å². The van der Waals surface area contributed by atoms with Crippen LogP contribution < -0.4 is 5.32 Å². The van der Waals surface area contributed by atoms with Gasteiger partial charge in [-0.25, -0.2) is 0 Å². The van der Waals surface area contributed by atoms with Crippen LogP contribution in [0.15, 0.2) is 91.0 Å². The van der Waals surface area contributed by atoms with Gasteiger partial charge in [-0.05, 0) is 60.9 Å². The van der Waals surface area contributed by atoms with Crippen molar-refractivity contribution in [1.29, 1.82) is 0 Å². The van der Waals surface area contributed by atoms with Gasteiger partial charge in [-0.15, -0.1) is 0 Å². The largest absolute Gasteiger partial charge is 0.380 e. The van der Waals surface area contributed by atoms with Crippen LogP contribution in [0, 0.1) is 11.8 Å². The van der Waals surface area contributed by atoms with E-state index >= 15 is 0 Å². The quantitative estimate of drug-likeness (QED) is 0.323. The molecule has 33 heavy (non-hydrogen) atoms. The summed E-state index contributed by atoms with van der Waals surface area (Å²) in [6, 6.07) is 31.3. The highest BCUT2D eigenvalue weighted by atomic mass is 16.3. The van der Waals surface area contributed by atoms with Crippen LogP contribution in [0.5, 0.6) is 0 Å². The lowest BCUT2D eigenvalue weighted by molar-refractivity contribution is 0.0353. The molecular weight excluding hydrogens is 402 g/mol. The van der Waals surface area contributed by atoms with Crippen molar-refractivity contribution in [2.75, 3.05) is 13.1 Å². The Bertz CT molecular complexity index is 879. The third-order valence-corrected chi connectivity index (χ3v) is 7.45. The van der Waals surface area contributed by atoms with Gasteiger partial charge >= 0.3 is 0 Å². The van der Waals surface area contributed by atoms with Gasteiger partial charge in [-0.1, -0.05) is 123 Å². The van der Waals surface area contributed by atoms with E-state index in [0.29, 0.717) is 11.8 Å². The topological polar surface area (TPSA) is 32.3 Å². The Morgan fingerprint density at radius 3 is 1.88 bits per heavy atom. The van der Waals surface area contributed by atoms with Gasteiger partial charge in [0.2, 0.25) is 0 Å². The van der Waals surface area contributed by atoms with Crippen molar-refractivity contribution in [1.82, 2.24) is 5.32 Å². The number of aryl methyl sites for hydroxylation is 1. The van der Waals surface area contributed by atoms with Gasteiger partial charge in [-0.2, -0.15) is 0 Å². The third-order valence-electron chi connectivity index (χ3n) is 7.45. The second-order valence-corrected chi connectivity index (χ2v) is 9.75. The highest BCUT2D eigenvalue weighted by Gasteiger charge is 2.37. The molecule has 1 aliphatic rings. The molecule has 3 aromatic carbocycles. The number of hydrogen-bond acceptors (Lipinski definition) is 2. The van der Waals surface area contributed by atoms with Crippen molar-refractivity contribution in [2.24, 2.45) is 11.8 Å². The molecule has 0 bridgehead atoms. The first-order chi connectivity index (χ1) is 16.3. The lowest BCUT2D eigenvalue weighted by Crippen LogP contribution is -2.38. The summed E-state index contributed by atoms with van der Waals surface area (Å²) in [6.07, 6.45) is 9.59. The van der Waals surface area contributed by atoms with Crippen LogP contribution in [0.25, 0.3) is 0 Å². The van der Waals surface area contributed by atoms with Crippen molar-refractivity contribution in [3.05, 3.63) is 108 Å². The molecule has 0 aromatic heterocycles. The molecule has 0 saturated heterocycles. The average Bonchev–Trinajstić information content (AvgIpc) is 2.90. The molecule has 2 nitrogen and oxygen atoms in total. The molecule has 0 amide bonds. The van der Waals surface area contributed by atoms with Crippen LogP contribution in [0.2, 0.25) is 0 Å². The zero-order valence-corrected chi connectivity index (χ0v) is 19.8. The SMILES string of the molecule is OC(CC(CNCCCc1ccccc1)C1CCCCC1)(c1ccccc1)c1ccccc1. The first kappa shape index (κ1) is 23.7. The average molecular weight is 442 g/mol. The van der Waals surface area contributed by atoms with Crippen molar-refractivity contribution >= 4 is 0 Å². The molecule has 0 radical (unpaired) electrons. The van der Waals surface area contributed by atoms with Crippen molar-refractivity contribution < 1.29 is 5.11 Å². The number of rotatable bonds is 11. The molecule has 1 unspecified atom stereocenters. The number of hydrogen-bond donors (Lipinski definition) is 2. The van der Waals surface area contributed by atoms with E-state index in [4.69, 9.17) is 0 Å². The Morgan fingerprint density at radius 1 is 0.758 bits per heavy atom. The fourth-order valence-corrected chi connectivity index (χ4v) is 5.57. The molecule has 1 saturated carbocycles. The summed E-state index contributed by atoms with van der Waals surface area (Å²) in [4.78, 5) is 0. The van der Waals surface area contributed by atoms with Crippen LogP contribution in [-0.2, 0) is 12.0 Å². The minimum atomic E-state index is -0.962. The summed E-state index contributed by atoms with van der Waals surface area (Å²) in [5.41, 5.74) is 2.45. The van der Waals surface area contributed by atoms with Crippen LogP contribution in [0.1, 0.15) is 61.6 Å². The van der Waals surface area contributed by atoms with Gasteiger partial charge in [0.1, 0.15) is 5.60 Å². The normalized spacial score (nSPS) is 15.9. The predicted octanol–water partition coefficient (Wildman–Crippen LogP) is 6.73. The molecule has 1 fully saturated rings. The summed E-state index contributed by atoms with van der Waals surface area (Å²) in [7, 11) is 0. The van der Waals surface area contributed by atoms with Crippen LogP contribution in [0.4, 0.5) is 0 Å². The Balaban J connectivity index is 1.46. The molecule has 1 atom stereocenters. The Kier molecular flexibility index (Phi) is 8.74. The molecule has 2 heteroatoms. The van der Waals surface area contributed by atoms with E-state index < -0.39 is 5.60 Å². The maximum absolute atomic E-state index is 12.2.